The smallest absolute Gasteiger partial charge is 0.267 e. The zero-order valence-corrected chi connectivity index (χ0v) is 17.8. The molecular formula is C24H20ClNO3S. The Hall–Kier alpha value is -2.89. The molecule has 0 spiro atoms. The van der Waals surface area contributed by atoms with Crippen molar-refractivity contribution < 1.29 is 13.2 Å². The minimum absolute atomic E-state index is 0.103. The Bertz CT molecular complexity index is 1190. The molecule has 1 aliphatic rings. The molecule has 1 aliphatic heterocycles. The van der Waals surface area contributed by atoms with E-state index in [1.54, 1.807) is 42.5 Å². The lowest BCUT2D eigenvalue weighted by molar-refractivity contribution is -0.143. The quantitative estimate of drug-likeness (QED) is 0.512. The van der Waals surface area contributed by atoms with Crippen LogP contribution in [0.5, 0.6) is 0 Å². The van der Waals surface area contributed by atoms with Gasteiger partial charge >= 0.3 is 0 Å². The Morgan fingerprint density at radius 3 is 2.17 bits per heavy atom. The third-order valence-corrected chi connectivity index (χ3v) is 7.22. The molecule has 1 heterocycles. The van der Waals surface area contributed by atoms with Crippen LogP contribution in [-0.4, -0.2) is 18.6 Å². The van der Waals surface area contributed by atoms with Crippen molar-refractivity contribution in [2.45, 2.75) is 17.9 Å². The minimum Gasteiger partial charge on any atom is -0.273 e. The van der Waals surface area contributed by atoms with Crippen LogP contribution in [0.2, 0.25) is 5.02 Å². The SMILES string of the molecule is Cc1ccc(S(=O)(=O)N2C(=O)[C@H](/C=C/c3ccccc3)[C@H]2c2ccc(Cl)cc2)cc1. The first-order valence-electron chi connectivity index (χ1n) is 9.51. The van der Waals surface area contributed by atoms with E-state index in [0.717, 1.165) is 21.0 Å². The molecule has 4 nitrogen and oxygen atoms in total. The standard InChI is InChI=1S/C24H20ClNO3S/c1-17-7-14-21(15-8-17)30(28,29)26-23(19-10-12-20(25)13-11-19)22(24(26)27)16-9-18-5-3-2-4-6-18/h2-16,22-23H,1H3/b16-9+/t22-,23-/m1/s1. The molecule has 30 heavy (non-hydrogen) atoms. The number of amides is 1. The summed E-state index contributed by atoms with van der Waals surface area (Å²) in [4.78, 5) is 13.1. The highest BCUT2D eigenvalue weighted by Gasteiger charge is 2.53. The van der Waals surface area contributed by atoms with Crippen LogP contribution in [0, 0.1) is 12.8 Å². The Balaban J connectivity index is 1.72. The van der Waals surface area contributed by atoms with Crippen LogP contribution in [0.3, 0.4) is 0 Å². The van der Waals surface area contributed by atoms with Gasteiger partial charge in [0, 0.05) is 5.02 Å². The summed E-state index contributed by atoms with van der Waals surface area (Å²) in [5.74, 6) is -1.02. The van der Waals surface area contributed by atoms with E-state index in [0.29, 0.717) is 5.02 Å². The van der Waals surface area contributed by atoms with E-state index in [1.165, 1.54) is 12.1 Å². The molecule has 0 radical (unpaired) electrons. The van der Waals surface area contributed by atoms with Crippen LogP contribution in [0.1, 0.15) is 22.7 Å². The van der Waals surface area contributed by atoms with Crippen molar-refractivity contribution in [2.24, 2.45) is 5.92 Å². The number of hydrogen-bond acceptors (Lipinski definition) is 3. The van der Waals surface area contributed by atoms with Gasteiger partial charge in [-0.25, -0.2) is 12.7 Å². The molecule has 0 saturated carbocycles. The van der Waals surface area contributed by atoms with E-state index < -0.39 is 27.9 Å². The average Bonchev–Trinajstić information content (AvgIpc) is 2.74. The lowest BCUT2D eigenvalue weighted by Crippen LogP contribution is -2.56. The van der Waals surface area contributed by atoms with Gasteiger partial charge in [0.15, 0.2) is 0 Å². The van der Waals surface area contributed by atoms with Gasteiger partial charge in [-0.3, -0.25) is 4.79 Å². The van der Waals surface area contributed by atoms with Crippen molar-refractivity contribution in [3.63, 3.8) is 0 Å². The highest BCUT2D eigenvalue weighted by atomic mass is 35.5. The second-order valence-corrected chi connectivity index (χ2v) is 9.50. The summed E-state index contributed by atoms with van der Waals surface area (Å²) in [5, 5.41) is 0.550. The monoisotopic (exact) mass is 437 g/mol. The van der Waals surface area contributed by atoms with Crippen molar-refractivity contribution >= 4 is 33.6 Å². The topological polar surface area (TPSA) is 54.5 Å². The zero-order valence-electron chi connectivity index (χ0n) is 16.3. The predicted octanol–water partition coefficient (Wildman–Crippen LogP) is 5.25. The first-order chi connectivity index (χ1) is 14.4. The molecule has 1 saturated heterocycles. The van der Waals surface area contributed by atoms with Gasteiger partial charge in [-0.15, -0.1) is 0 Å². The Kier molecular flexibility index (Phi) is 5.50. The van der Waals surface area contributed by atoms with Crippen molar-refractivity contribution in [2.75, 3.05) is 0 Å². The number of benzene rings is 3. The van der Waals surface area contributed by atoms with Gasteiger partial charge in [-0.05, 0) is 42.3 Å². The lowest BCUT2D eigenvalue weighted by atomic mass is 9.84. The number of aryl methyl sites for hydroxylation is 1. The number of β-lactam (4-membered cyclic amide) rings is 1. The van der Waals surface area contributed by atoms with Crippen LogP contribution >= 0.6 is 11.6 Å². The molecule has 4 rings (SSSR count). The van der Waals surface area contributed by atoms with E-state index in [9.17, 15) is 13.2 Å². The van der Waals surface area contributed by atoms with E-state index >= 15 is 0 Å². The van der Waals surface area contributed by atoms with Crippen molar-refractivity contribution in [1.82, 2.24) is 4.31 Å². The normalized spacial score (nSPS) is 19.1. The second-order valence-electron chi connectivity index (χ2n) is 7.24. The Labute approximate surface area is 181 Å². The molecule has 1 fully saturated rings. The first kappa shape index (κ1) is 20.4. The van der Waals surface area contributed by atoms with E-state index in [2.05, 4.69) is 0 Å². The van der Waals surface area contributed by atoms with Gasteiger partial charge in [0.25, 0.3) is 10.0 Å². The molecule has 1 amide bonds. The van der Waals surface area contributed by atoms with Crippen LogP contribution in [0.25, 0.3) is 6.08 Å². The first-order valence-corrected chi connectivity index (χ1v) is 11.3. The number of halogens is 1. The van der Waals surface area contributed by atoms with Gasteiger partial charge < -0.3 is 0 Å². The van der Waals surface area contributed by atoms with Gasteiger partial charge in [0.2, 0.25) is 5.91 Å². The van der Waals surface area contributed by atoms with Gasteiger partial charge in [0.05, 0.1) is 16.9 Å². The molecular weight excluding hydrogens is 418 g/mol. The Morgan fingerprint density at radius 2 is 1.53 bits per heavy atom. The number of carbonyl (C=O) groups excluding carboxylic acids is 1. The third-order valence-electron chi connectivity index (χ3n) is 5.18. The molecule has 0 unspecified atom stereocenters. The van der Waals surface area contributed by atoms with Crippen LogP contribution in [0.15, 0.2) is 89.8 Å². The number of sulfonamides is 1. The molecule has 3 aromatic carbocycles. The van der Waals surface area contributed by atoms with Crippen molar-refractivity contribution in [3.8, 4) is 0 Å². The average molecular weight is 438 g/mol. The fourth-order valence-corrected chi connectivity index (χ4v) is 5.29. The number of hydrogen-bond donors (Lipinski definition) is 0. The Morgan fingerprint density at radius 1 is 0.900 bits per heavy atom. The maximum Gasteiger partial charge on any atom is 0.267 e. The van der Waals surface area contributed by atoms with Crippen molar-refractivity contribution in [3.05, 3.63) is 107 Å². The summed E-state index contributed by atoms with van der Waals surface area (Å²) < 4.78 is 27.5. The highest BCUT2D eigenvalue weighted by molar-refractivity contribution is 7.89. The summed E-state index contributed by atoms with van der Waals surface area (Å²) in [6.45, 7) is 1.88. The number of nitrogens with zero attached hydrogens (tertiary/aromatic N) is 1. The molecule has 152 valence electrons. The highest BCUT2D eigenvalue weighted by Crippen LogP contribution is 2.45. The predicted molar refractivity (Wildman–Crippen MR) is 118 cm³/mol. The molecule has 0 bridgehead atoms. The molecule has 2 atom stereocenters. The lowest BCUT2D eigenvalue weighted by Gasteiger charge is -2.45. The van der Waals surface area contributed by atoms with Gasteiger partial charge in [-0.1, -0.05) is 83.9 Å². The number of rotatable bonds is 5. The minimum atomic E-state index is -3.97. The fourth-order valence-electron chi connectivity index (χ4n) is 3.54. The maximum absolute atomic E-state index is 13.3. The van der Waals surface area contributed by atoms with Crippen LogP contribution in [0.4, 0.5) is 0 Å². The van der Waals surface area contributed by atoms with Gasteiger partial charge in [0.1, 0.15) is 0 Å². The fraction of sp³-hybridized carbons (Fsp3) is 0.125. The van der Waals surface area contributed by atoms with E-state index in [-0.39, 0.29) is 4.90 Å². The summed E-state index contributed by atoms with van der Waals surface area (Å²) >= 11 is 6.01. The van der Waals surface area contributed by atoms with Crippen LogP contribution in [-0.2, 0) is 14.8 Å². The summed E-state index contributed by atoms with van der Waals surface area (Å²) in [6.07, 6.45) is 3.62. The summed E-state index contributed by atoms with van der Waals surface area (Å²) in [7, 11) is -3.97. The van der Waals surface area contributed by atoms with Gasteiger partial charge in [-0.2, -0.15) is 0 Å². The number of carbonyl (C=O) groups is 1. The zero-order chi connectivity index (χ0) is 21.3. The maximum atomic E-state index is 13.3. The second kappa shape index (κ2) is 8.09. The molecule has 0 aromatic heterocycles. The molecule has 0 N–H and O–H groups in total. The van der Waals surface area contributed by atoms with E-state index in [4.69, 9.17) is 11.6 Å². The molecule has 6 heteroatoms. The molecule has 0 aliphatic carbocycles. The summed E-state index contributed by atoms with van der Waals surface area (Å²) in [6, 6.07) is 22.4. The van der Waals surface area contributed by atoms with E-state index in [1.807, 2.05) is 43.3 Å². The third kappa shape index (κ3) is 3.78. The molecule has 3 aromatic rings. The van der Waals surface area contributed by atoms with Crippen LogP contribution < -0.4 is 0 Å². The van der Waals surface area contributed by atoms with Crippen molar-refractivity contribution in [1.29, 1.82) is 0 Å². The summed E-state index contributed by atoms with van der Waals surface area (Å²) in [5.41, 5.74) is 2.61. The largest absolute Gasteiger partial charge is 0.273 e.